The molecule has 2 aromatic rings. The molecule has 2 unspecified atom stereocenters. The van der Waals surface area contributed by atoms with Crippen LogP contribution in [0.5, 0.6) is 0 Å². The summed E-state index contributed by atoms with van der Waals surface area (Å²) in [6.45, 7) is 4.06. The molecule has 0 bridgehead atoms. The van der Waals surface area contributed by atoms with Crippen molar-refractivity contribution in [3.8, 4) is 6.07 Å². The van der Waals surface area contributed by atoms with Crippen molar-refractivity contribution < 1.29 is 9.18 Å². The molecule has 0 radical (unpaired) electrons. The molecule has 1 saturated heterocycles. The van der Waals surface area contributed by atoms with Gasteiger partial charge in [-0.15, -0.1) is 0 Å². The van der Waals surface area contributed by atoms with Gasteiger partial charge in [-0.1, -0.05) is 36.7 Å². The molecule has 3 atom stereocenters. The van der Waals surface area contributed by atoms with E-state index in [9.17, 15) is 9.18 Å². The molecule has 146 valence electrons. The molecule has 1 aliphatic heterocycles. The minimum Gasteiger partial charge on any atom is -0.380 e. The van der Waals surface area contributed by atoms with Crippen LogP contribution in [0.2, 0.25) is 5.02 Å². The molecule has 6 heteroatoms. The van der Waals surface area contributed by atoms with Crippen LogP contribution in [-0.2, 0) is 11.2 Å². The second-order valence-electron chi connectivity index (χ2n) is 7.18. The van der Waals surface area contributed by atoms with E-state index in [2.05, 4.69) is 5.32 Å². The van der Waals surface area contributed by atoms with Crippen LogP contribution in [0, 0.1) is 17.1 Å². The smallest absolute Gasteiger partial charge is 0.225 e. The molecule has 4 nitrogen and oxygen atoms in total. The quantitative estimate of drug-likeness (QED) is 0.760. The lowest BCUT2D eigenvalue weighted by Crippen LogP contribution is -2.45. The number of benzene rings is 2. The normalized spacial score (nSPS) is 20.1. The molecule has 1 heterocycles. The fraction of sp³-hybridized carbons (Fsp3) is 0.364. The standard InChI is InChI=1S/C22H23ClFN3O/c1-3-14(2)27-21(10-15-6-4-5-7-19(15)24)20(12-22(27)28)26-17-9-8-16(13-25)18(23)11-17/h4-9,11,14,20-21,26H,3,10,12H2,1-2H3/t14?,20-,21?/m0/s1. The third kappa shape index (κ3) is 4.13. The van der Waals surface area contributed by atoms with E-state index in [1.54, 1.807) is 30.3 Å². The maximum Gasteiger partial charge on any atom is 0.225 e. The number of carbonyl (C=O) groups excluding carboxylic acids is 1. The molecule has 28 heavy (non-hydrogen) atoms. The van der Waals surface area contributed by atoms with Crippen molar-refractivity contribution in [3.63, 3.8) is 0 Å². The van der Waals surface area contributed by atoms with Gasteiger partial charge < -0.3 is 10.2 Å². The van der Waals surface area contributed by atoms with Gasteiger partial charge in [0.1, 0.15) is 11.9 Å². The Hall–Kier alpha value is -2.58. The topological polar surface area (TPSA) is 56.1 Å². The van der Waals surface area contributed by atoms with Crippen molar-refractivity contribution in [1.29, 1.82) is 5.26 Å². The Balaban J connectivity index is 1.89. The highest BCUT2D eigenvalue weighted by Gasteiger charge is 2.41. The molecule has 0 spiro atoms. The minimum absolute atomic E-state index is 0.0629. The van der Waals surface area contributed by atoms with Crippen LogP contribution in [0.4, 0.5) is 10.1 Å². The first kappa shape index (κ1) is 20.2. The van der Waals surface area contributed by atoms with Gasteiger partial charge in [0.2, 0.25) is 5.91 Å². The fourth-order valence-electron chi connectivity index (χ4n) is 3.76. The highest BCUT2D eigenvalue weighted by molar-refractivity contribution is 6.32. The zero-order valence-electron chi connectivity index (χ0n) is 16.0. The summed E-state index contributed by atoms with van der Waals surface area (Å²) in [6, 6.07) is 13.6. The summed E-state index contributed by atoms with van der Waals surface area (Å²) in [5, 5.41) is 12.8. The van der Waals surface area contributed by atoms with Crippen LogP contribution in [0.15, 0.2) is 42.5 Å². The van der Waals surface area contributed by atoms with Crippen molar-refractivity contribution in [1.82, 2.24) is 4.90 Å². The second-order valence-corrected chi connectivity index (χ2v) is 7.59. The van der Waals surface area contributed by atoms with Gasteiger partial charge in [0, 0.05) is 18.2 Å². The summed E-state index contributed by atoms with van der Waals surface area (Å²) in [7, 11) is 0. The number of amides is 1. The average Bonchev–Trinajstić information content (AvgIpc) is 2.98. The van der Waals surface area contributed by atoms with Gasteiger partial charge in [0.25, 0.3) is 0 Å². The van der Waals surface area contributed by atoms with E-state index >= 15 is 0 Å². The number of carbonyl (C=O) groups is 1. The lowest BCUT2D eigenvalue weighted by Gasteiger charge is -2.33. The molecule has 0 aromatic heterocycles. The number of hydrogen-bond donors (Lipinski definition) is 1. The molecule has 1 fully saturated rings. The third-order valence-corrected chi connectivity index (χ3v) is 5.71. The predicted molar refractivity (Wildman–Crippen MR) is 109 cm³/mol. The van der Waals surface area contributed by atoms with Gasteiger partial charge in [0.15, 0.2) is 0 Å². The Bertz CT molecular complexity index is 911. The maximum atomic E-state index is 14.3. The number of likely N-dealkylation sites (tertiary alicyclic amines) is 1. The molecule has 1 amide bonds. The molecule has 0 saturated carbocycles. The van der Waals surface area contributed by atoms with Crippen molar-refractivity contribution in [2.45, 2.75) is 51.2 Å². The number of nitrogens with zero attached hydrogens (tertiary/aromatic N) is 2. The molecular weight excluding hydrogens is 377 g/mol. The van der Waals surface area contributed by atoms with Crippen molar-refractivity contribution in [3.05, 3.63) is 64.4 Å². The SMILES string of the molecule is CCC(C)N1C(=O)C[C@H](Nc2ccc(C#N)c(Cl)c2)C1Cc1ccccc1F. The zero-order valence-corrected chi connectivity index (χ0v) is 16.7. The van der Waals surface area contributed by atoms with E-state index < -0.39 is 0 Å². The molecular formula is C22H23ClFN3O. The van der Waals surface area contributed by atoms with Crippen molar-refractivity contribution in [2.24, 2.45) is 0 Å². The fourth-order valence-corrected chi connectivity index (χ4v) is 3.99. The Morgan fingerprint density at radius 3 is 2.75 bits per heavy atom. The van der Waals surface area contributed by atoms with E-state index in [0.717, 1.165) is 12.1 Å². The minimum atomic E-state index is -0.258. The molecule has 3 rings (SSSR count). The first-order valence-corrected chi connectivity index (χ1v) is 9.83. The van der Waals surface area contributed by atoms with E-state index in [-0.39, 0.29) is 29.8 Å². The van der Waals surface area contributed by atoms with E-state index in [4.69, 9.17) is 16.9 Å². The molecule has 0 aliphatic carbocycles. The summed E-state index contributed by atoms with van der Waals surface area (Å²) in [5.74, 6) is -0.195. The molecule has 1 aliphatic rings. The lowest BCUT2D eigenvalue weighted by atomic mass is 9.98. The Labute approximate surface area is 169 Å². The van der Waals surface area contributed by atoms with Gasteiger partial charge in [-0.2, -0.15) is 5.26 Å². The van der Waals surface area contributed by atoms with E-state index in [0.29, 0.717) is 29.0 Å². The maximum absolute atomic E-state index is 14.3. The Morgan fingerprint density at radius 1 is 1.36 bits per heavy atom. The monoisotopic (exact) mass is 399 g/mol. The highest BCUT2D eigenvalue weighted by Crippen LogP contribution is 2.30. The average molecular weight is 400 g/mol. The summed E-state index contributed by atoms with van der Waals surface area (Å²) < 4.78 is 14.3. The number of nitrogens with one attached hydrogen (secondary N) is 1. The second kappa shape index (κ2) is 8.62. The van der Waals surface area contributed by atoms with Crippen LogP contribution in [0.1, 0.15) is 37.8 Å². The Kier molecular flexibility index (Phi) is 6.21. The lowest BCUT2D eigenvalue weighted by molar-refractivity contribution is -0.130. The van der Waals surface area contributed by atoms with Crippen LogP contribution < -0.4 is 5.32 Å². The van der Waals surface area contributed by atoms with Gasteiger partial charge >= 0.3 is 0 Å². The largest absolute Gasteiger partial charge is 0.380 e. The van der Waals surface area contributed by atoms with Crippen molar-refractivity contribution in [2.75, 3.05) is 5.32 Å². The van der Waals surface area contributed by atoms with E-state index in [1.807, 2.05) is 30.9 Å². The van der Waals surface area contributed by atoms with Gasteiger partial charge in [-0.3, -0.25) is 4.79 Å². The van der Waals surface area contributed by atoms with Crippen molar-refractivity contribution >= 4 is 23.2 Å². The summed E-state index contributed by atoms with van der Waals surface area (Å²) >= 11 is 6.14. The number of hydrogen-bond acceptors (Lipinski definition) is 3. The van der Waals surface area contributed by atoms with Crippen LogP contribution in [-0.4, -0.2) is 28.9 Å². The third-order valence-electron chi connectivity index (χ3n) is 5.40. The number of anilines is 1. The van der Waals surface area contributed by atoms with Crippen LogP contribution in [0.25, 0.3) is 0 Å². The first-order chi connectivity index (χ1) is 13.4. The number of halogens is 2. The predicted octanol–water partition coefficient (Wildman–Crippen LogP) is 4.77. The Morgan fingerprint density at radius 2 is 2.11 bits per heavy atom. The number of nitriles is 1. The number of rotatable bonds is 6. The summed E-state index contributed by atoms with van der Waals surface area (Å²) in [5.41, 5.74) is 1.74. The van der Waals surface area contributed by atoms with Gasteiger partial charge in [-0.05, 0) is 49.6 Å². The van der Waals surface area contributed by atoms with Gasteiger partial charge in [-0.25, -0.2) is 4.39 Å². The zero-order chi connectivity index (χ0) is 20.3. The summed E-state index contributed by atoms with van der Waals surface area (Å²) in [4.78, 5) is 14.6. The highest BCUT2D eigenvalue weighted by atomic mass is 35.5. The van der Waals surface area contributed by atoms with E-state index in [1.165, 1.54) is 6.07 Å². The molecule has 2 aromatic carbocycles. The van der Waals surface area contributed by atoms with Crippen LogP contribution >= 0.6 is 11.6 Å². The molecule has 1 N–H and O–H groups in total. The summed E-state index contributed by atoms with van der Waals surface area (Å²) in [6.07, 6.45) is 1.60. The van der Waals surface area contributed by atoms with Crippen LogP contribution in [0.3, 0.4) is 0 Å². The first-order valence-electron chi connectivity index (χ1n) is 9.45. The van der Waals surface area contributed by atoms with Gasteiger partial charge in [0.05, 0.1) is 22.7 Å².